The number of aliphatic hydroxyl groups excluding tert-OH is 1. The van der Waals surface area contributed by atoms with Crippen LogP contribution in [-0.4, -0.2) is 23.9 Å². The zero-order valence-electron chi connectivity index (χ0n) is 11.9. The van der Waals surface area contributed by atoms with Crippen LogP contribution >= 0.6 is 0 Å². The Labute approximate surface area is 125 Å². The highest BCUT2D eigenvalue weighted by Crippen LogP contribution is 2.35. The molecule has 3 unspecified atom stereocenters. The van der Waals surface area contributed by atoms with Crippen molar-refractivity contribution in [2.24, 2.45) is 5.92 Å². The van der Waals surface area contributed by atoms with Gasteiger partial charge in [-0.3, -0.25) is 0 Å². The van der Waals surface area contributed by atoms with Crippen LogP contribution in [0.15, 0.2) is 60.7 Å². The van der Waals surface area contributed by atoms with Gasteiger partial charge in [-0.2, -0.15) is 0 Å². The Morgan fingerprint density at radius 2 is 1.38 bits per heavy atom. The summed E-state index contributed by atoms with van der Waals surface area (Å²) in [6.45, 7) is 1.66. The summed E-state index contributed by atoms with van der Waals surface area (Å²) < 4.78 is 11.4. The molecule has 1 N–H and O–H groups in total. The standard InChI is InChI=1S/C18H20O3/c19-17-16(13-20-11-14-7-3-1-4-8-14)18(17)21-12-15-9-5-2-6-10-15/h1-10,16-19H,11-13H2. The topological polar surface area (TPSA) is 38.7 Å². The molecular weight excluding hydrogens is 264 g/mol. The Kier molecular flexibility index (Phi) is 4.65. The summed E-state index contributed by atoms with van der Waals surface area (Å²) in [5, 5.41) is 9.86. The van der Waals surface area contributed by atoms with Crippen molar-refractivity contribution in [3.05, 3.63) is 71.8 Å². The minimum absolute atomic E-state index is 0.0948. The number of aliphatic hydroxyl groups is 1. The number of rotatable bonds is 7. The molecule has 1 fully saturated rings. The van der Waals surface area contributed by atoms with Gasteiger partial charge in [-0.15, -0.1) is 0 Å². The second kappa shape index (κ2) is 6.85. The van der Waals surface area contributed by atoms with Crippen molar-refractivity contribution in [3.8, 4) is 0 Å². The van der Waals surface area contributed by atoms with Crippen LogP contribution in [0.4, 0.5) is 0 Å². The highest BCUT2D eigenvalue weighted by atomic mass is 16.5. The lowest BCUT2D eigenvalue weighted by molar-refractivity contribution is 0.0563. The van der Waals surface area contributed by atoms with Crippen molar-refractivity contribution in [1.29, 1.82) is 0 Å². The third-order valence-corrected chi connectivity index (χ3v) is 3.76. The van der Waals surface area contributed by atoms with Crippen molar-refractivity contribution in [2.75, 3.05) is 6.61 Å². The van der Waals surface area contributed by atoms with Gasteiger partial charge in [0.1, 0.15) is 0 Å². The maximum Gasteiger partial charge on any atom is 0.0918 e. The van der Waals surface area contributed by atoms with Gasteiger partial charge in [0.25, 0.3) is 0 Å². The van der Waals surface area contributed by atoms with E-state index in [2.05, 4.69) is 0 Å². The van der Waals surface area contributed by atoms with Crippen molar-refractivity contribution in [1.82, 2.24) is 0 Å². The maximum atomic E-state index is 9.86. The lowest BCUT2D eigenvalue weighted by atomic mass is 10.2. The summed E-state index contributed by atoms with van der Waals surface area (Å²) in [7, 11) is 0. The van der Waals surface area contributed by atoms with E-state index >= 15 is 0 Å². The molecule has 0 amide bonds. The molecule has 0 bridgehead atoms. The van der Waals surface area contributed by atoms with Crippen LogP contribution in [0.3, 0.4) is 0 Å². The first-order chi connectivity index (χ1) is 10.3. The van der Waals surface area contributed by atoms with Gasteiger partial charge in [-0.05, 0) is 11.1 Å². The monoisotopic (exact) mass is 284 g/mol. The normalized spacial score (nSPS) is 24.0. The van der Waals surface area contributed by atoms with Gasteiger partial charge in [0, 0.05) is 5.92 Å². The highest BCUT2D eigenvalue weighted by Gasteiger charge is 2.50. The van der Waals surface area contributed by atoms with E-state index in [0.717, 1.165) is 11.1 Å². The van der Waals surface area contributed by atoms with Crippen molar-refractivity contribution >= 4 is 0 Å². The molecule has 0 saturated heterocycles. The van der Waals surface area contributed by atoms with E-state index in [1.165, 1.54) is 0 Å². The summed E-state index contributed by atoms with van der Waals surface area (Å²) in [5.74, 6) is 0.0948. The van der Waals surface area contributed by atoms with Crippen LogP contribution < -0.4 is 0 Å². The van der Waals surface area contributed by atoms with Crippen molar-refractivity contribution in [2.45, 2.75) is 25.4 Å². The molecule has 0 aromatic heterocycles. The van der Waals surface area contributed by atoms with E-state index in [-0.39, 0.29) is 12.0 Å². The van der Waals surface area contributed by atoms with Gasteiger partial charge >= 0.3 is 0 Å². The number of benzene rings is 2. The molecule has 3 nitrogen and oxygen atoms in total. The average Bonchev–Trinajstić information content (AvgIpc) is 3.16. The van der Waals surface area contributed by atoms with Gasteiger partial charge in [0.2, 0.25) is 0 Å². The minimum atomic E-state index is -0.399. The lowest BCUT2D eigenvalue weighted by Crippen LogP contribution is -2.03. The largest absolute Gasteiger partial charge is 0.390 e. The molecule has 2 aromatic rings. The molecule has 3 atom stereocenters. The summed E-state index contributed by atoms with van der Waals surface area (Å²) in [4.78, 5) is 0. The van der Waals surface area contributed by atoms with E-state index < -0.39 is 6.10 Å². The smallest absolute Gasteiger partial charge is 0.0918 e. The Bertz CT molecular complexity index is 541. The zero-order chi connectivity index (χ0) is 14.5. The molecule has 0 aliphatic heterocycles. The number of hydrogen-bond acceptors (Lipinski definition) is 3. The molecule has 1 saturated carbocycles. The Morgan fingerprint density at radius 1 is 0.810 bits per heavy atom. The predicted molar refractivity (Wildman–Crippen MR) is 80.6 cm³/mol. The van der Waals surface area contributed by atoms with Crippen LogP contribution in [0.1, 0.15) is 11.1 Å². The molecule has 0 spiro atoms. The van der Waals surface area contributed by atoms with E-state index in [9.17, 15) is 5.11 Å². The van der Waals surface area contributed by atoms with E-state index in [1.54, 1.807) is 0 Å². The second-order valence-corrected chi connectivity index (χ2v) is 5.42. The van der Waals surface area contributed by atoms with Gasteiger partial charge in [0.05, 0.1) is 32.0 Å². The van der Waals surface area contributed by atoms with Gasteiger partial charge < -0.3 is 14.6 Å². The fourth-order valence-electron chi connectivity index (χ4n) is 2.39. The fraction of sp³-hybridized carbons (Fsp3) is 0.333. The lowest BCUT2D eigenvalue weighted by Gasteiger charge is -2.05. The summed E-state index contributed by atoms with van der Waals surface area (Å²) in [6.07, 6.45) is -0.495. The van der Waals surface area contributed by atoms with Gasteiger partial charge in [0.15, 0.2) is 0 Å². The molecule has 3 heteroatoms. The third-order valence-electron chi connectivity index (χ3n) is 3.76. The first kappa shape index (κ1) is 14.3. The molecule has 110 valence electrons. The molecule has 0 radical (unpaired) electrons. The summed E-state index contributed by atoms with van der Waals surface area (Å²) >= 11 is 0. The predicted octanol–water partition coefficient (Wildman–Crippen LogP) is 2.78. The summed E-state index contributed by atoms with van der Waals surface area (Å²) in [6, 6.07) is 20.1. The van der Waals surface area contributed by atoms with Gasteiger partial charge in [-0.25, -0.2) is 0 Å². The van der Waals surface area contributed by atoms with Crippen LogP contribution in [0.2, 0.25) is 0 Å². The number of hydrogen-bond donors (Lipinski definition) is 1. The molecule has 21 heavy (non-hydrogen) atoms. The van der Waals surface area contributed by atoms with Gasteiger partial charge in [-0.1, -0.05) is 60.7 Å². The first-order valence-corrected chi connectivity index (χ1v) is 7.30. The fourth-order valence-corrected chi connectivity index (χ4v) is 2.39. The Morgan fingerprint density at radius 3 is 2.00 bits per heavy atom. The minimum Gasteiger partial charge on any atom is -0.390 e. The van der Waals surface area contributed by atoms with Crippen LogP contribution in [0.5, 0.6) is 0 Å². The van der Waals surface area contributed by atoms with Crippen LogP contribution in [-0.2, 0) is 22.7 Å². The number of ether oxygens (including phenoxy) is 2. The molecule has 2 aromatic carbocycles. The molecule has 1 aliphatic rings. The Hall–Kier alpha value is -1.68. The Balaban J connectivity index is 1.38. The summed E-state index contributed by atoms with van der Waals surface area (Å²) in [5.41, 5.74) is 2.27. The van der Waals surface area contributed by atoms with E-state index in [1.807, 2.05) is 60.7 Å². The van der Waals surface area contributed by atoms with E-state index in [4.69, 9.17) is 9.47 Å². The second-order valence-electron chi connectivity index (χ2n) is 5.42. The molecule has 3 rings (SSSR count). The third kappa shape index (κ3) is 3.91. The molecule has 1 aliphatic carbocycles. The first-order valence-electron chi connectivity index (χ1n) is 7.30. The van der Waals surface area contributed by atoms with Crippen molar-refractivity contribution in [3.63, 3.8) is 0 Å². The van der Waals surface area contributed by atoms with Crippen LogP contribution in [0, 0.1) is 5.92 Å². The molecule has 0 heterocycles. The van der Waals surface area contributed by atoms with E-state index in [0.29, 0.717) is 19.8 Å². The average molecular weight is 284 g/mol. The zero-order valence-corrected chi connectivity index (χ0v) is 11.9. The quantitative estimate of drug-likeness (QED) is 0.849. The van der Waals surface area contributed by atoms with Crippen LogP contribution in [0.25, 0.3) is 0 Å². The SMILES string of the molecule is OC1C(COCc2ccccc2)C1OCc1ccccc1. The highest BCUT2D eigenvalue weighted by molar-refractivity contribution is 5.14. The maximum absolute atomic E-state index is 9.86. The molecular formula is C18H20O3. The van der Waals surface area contributed by atoms with Crippen molar-refractivity contribution < 1.29 is 14.6 Å².